The molecule has 3 aliphatic rings. The minimum Gasteiger partial charge on any atom is -0.436 e. The molecular formula is C37H53N7O6. The highest BCUT2D eigenvalue weighted by Gasteiger charge is 2.35. The Morgan fingerprint density at radius 1 is 0.980 bits per heavy atom. The standard InChI is InChI=1S/C29H42N6O6.C8H11N/c1-3-32(19-36)22-4-8-35(9-5-22)29(39)41-25(18-21-16-20(2)26-24(17-21)30-28(38)31-26)27(37)34-12-10-33(11-13-34)23-6-14-40-15-7-23;1-7-5-3-4-6-8(7)9-2/h16-17,19,22-23,25H,3-15,18H2,1-2H3,(H2,30,31,38);3-6,9H,1-2H3/t25-;/m1./s1. The van der Waals surface area contributed by atoms with Gasteiger partial charge in [0.15, 0.2) is 6.10 Å². The molecule has 272 valence electrons. The van der Waals surface area contributed by atoms with E-state index in [-0.39, 0.29) is 24.1 Å². The third-order valence-corrected chi connectivity index (χ3v) is 10.3. The SMILES string of the molecule is CCN(C=O)C1CCN(C(=O)O[C@H](Cc2cc(C)c3[nH]c(=O)[nH]c3c2)C(=O)N2CCN(C3CCOCC3)CC2)CC1.CNc1ccccc1C. The number of para-hydroxylation sites is 1. The van der Waals surface area contributed by atoms with Crippen molar-refractivity contribution < 1.29 is 23.9 Å². The molecule has 3 N–H and O–H groups in total. The molecule has 0 aliphatic carbocycles. The second kappa shape index (κ2) is 17.5. The van der Waals surface area contributed by atoms with Crippen LogP contribution in [0.2, 0.25) is 0 Å². The predicted octanol–water partition coefficient (Wildman–Crippen LogP) is 3.51. The third kappa shape index (κ3) is 9.25. The number of piperazine rings is 1. The fourth-order valence-corrected chi connectivity index (χ4v) is 7.31. The van der Waals surface area contributed by atoms with Crippen molar-refractivity contribution >= 4 is 35.1 Å². The van der Waals surface area contributed by atoms with Crippen molar-refractivity contribution in [2.45, 2.75) is 71.1 Å². The molecule has 2 aromatic carbocycles. The van der Waals surface area contributed by atoms with Crippen molar-refractivity contribution in [1.29, 1.82) is 0 Å². The second-order valence-corrected chi connectivity index (χ2v) is 13.4. The van der Waals surface area contributed by atoms with Gasteiger partial charge in [-0.05, 0) is 75.3 Å². The molecule has 1 atom stereocenters. The summed E-state index contributed by atoms with van der Waals surface area (Å²) in [5, 5.41) is 3.10. The zero-order valence-electron chi connectivity index (χ0n) is 29.9. The van der Waals surface area contributed by atoms with E-state index in [0.29, 0.717) is 57.1 Å². The van der Waals surface area contributed by atoms with Gasteiger partial charge in [0.05, 0.1) is 11.0 Å². The maximum absolute atomic E-state index is 13.9. The minimum atomic E-state index is -0.987. The third-order valence-electron chi connectivity index (χ3n) is 10.3. The number of aryl methyl sites for hydroxylation is 2. The first kappa shape index (κ1) is 36.9. The summed E-state index contributed by atoms with van der Waals surface area (Å²) in [5.74, 6) is -0.196. The molecule has 3 amide bonds. The summed E-state index contributed by atoms with van der Waals surface area (Å²) < 4.78 is 11.5. The number of benzene rings is 2. The fraction of sp³-hybridized carbons (Fsp3) is 0.568. The number of aromatic nitrogens is 2. The number of carbonyl (C=O) groups is 3. The normalized spacial score (nSPS) is 18.2. The smallest absolute Gasteiger partial charge is 0.410 e. The van der Waals surface area contributed by atoms with Gasteiger partial charge in [0.2, 0.25) is 6.41 Å². The molecule has 0 bridgehead atoms. The molecule has 0 spiro atoms. The number of nitrogens with zero attached hydrogens (tertiary/aromatic N) is 4. The van der Waals surface area contributed by atoms with Crippen LogP contribution in [0.1, 0.15) is 49.3 Å². The van der Waals surface area contributed by atoms with Crippen LogP contribution in [0.25, 0.3) is 11.0 Å². The quantitative estimate of drug-likeness (QED) is 0.290. The van der Waals surface area contributed by atoms with Crippen LogP contribution < -0.4 is 11.0 Å². The lowest BCUT2D eigenvalue weighted by atomic mass is 10.0. The van der Waals surface area contributed by atoms with Gasteiger partial charge in [-0.25, -0.2) is 9.59 Å². The highest BCUT2D eigenvalue weighted by Crippen LogP contribution is 2.22. The Labute approximate surface area is 294 Å². The first-order valence-corrected chi connectivity index (χ1v) is 17.9. The molecule has 3 fully saturated rings. The minimum absolute atomic E-state index is 0.101. The molecule has 3 saturated heterocycles. The monoisotopic (exact) mass is 691 g/mol. The maximum Gasteiger partial charge on any atom is 0.410 e. The summed E-state index contributed by atoms with van der Waals surface area (Å²) in [5.41, 5.74) is 5.27. The van der Waals surface area contributed by atoms with Crippen molar-refractivity contribution in [3.63, 3.8) is 0 Å². The average molecular weight is 692 g/mol. The molecule has 13 nitrogen and oxygen atoms in total. The molecule has 0 radical (unpaired) electrons. The number of nitrogens with one attached hydrogen (secondary N) is 3. The molecule has 0 saturated carbocycles. The topological polar surface area (TPSA) is 143 Å². The van der Waals surface area contributed by atoms with E-state index in [1.807, 2.05) is 50.1 Å². The van der Waals surface area contributed by atoms with Crippen molar-refractivity contribution in [3.05, 3.63) is 63.6 Å². The molecule has 13 heteroatoms. The lowest BCUT2D eigenvalue weighted by Crippen LogP contribution is -2.56. The van der Waals surface area contributed by atoms with Crippen LogP contribution in [0.4, 0.5) is 10.5 Å². The van der Waals surface area contributed by atoms with Crippen LogP contribution in [-0.4, -0.2) is 132 Å². The van der Waals surface area contributed by atoms with E-state index in [1.165, 1.54) is 11.3 Å². The summed E-state index contributed by atoms with van der Waals surface area (Å²) in [4.78, 5) is 63.6. The van der Waals surface area contributed by atoms with E-state index in [9.17, 15) is 19.2 Å². The largest absolute Gasteiger partial charge is 0.436 e. The van der Waals surface area contributed by atoms with Crippen molar-refractivity contribution in [1.82, 2.24) is 29.6 Å². The van der Waals surface area contributed by atoms with Gasteiger partial charge >= 0.3 is 11.8 Å². The van der Waals surface area contributed by atoms with Crippen LogP contribution in [-0.2, 0) is 25.5 Å². The molecule has 3 aliphatic heterocycles. The summed E-state index contributed by atoms with van der Waals surface area (Å²) in [6.45, 7) is 11.8. The number of piperidine rings is 1. The van der Waals surface area contributed by atoms with Crippen LogP contribution >= 0.6 is 0 Å². The van der Waals surface area contributed by atoms with E-state index in [2.05, 4.69) is 39.2 Å². The van der Waals surface area contributed by atoms with E-state index >= 15 is 0 Å². The number of fused-ring (bicyclic) bond motifs is 1. The summed E-state index contributed by atoms with van der Waals surface area (Å²) in [7, 11) is 1.93. The number of imidazole rings is 1. The molecule has 1 aromatic heterocycles. The molecule has 6 rings (SSSR count). The number of hydrogen-bond acceptors (Lipinski definition) is 8. The van der Waals surface area contributed by atoms with Gasteiger partial charge in [-0.3, -0.25) is 14.5 Å². The second-order valence-electron chi connectivity index (χ2n) is 13.4. The van der Waals surface area contributed by atoms with Gasteiger partial charge in [0, 0.05) is 90.3 Å². The lowest BCUT2D eigenvalue weighted by molar-refractivity contribution is -0.143. The van der Waals surface area contributed by atoms with Crippen molar-refractivity contribution in [2.75, 3.05) is 71.4 Å². The Balaban J connectivity index is 0.000000470. The number of amides is 3. The summed E-state index contributed by atoms with van der Waals surface area (Å²) >= 11 is 0. The lowest BCUT2D eigenvalue weighted by Gasteiger charge is -2.41. The van der Waals surface area contributed by atoms with E-state index in [0.717, 1.165) is 62.2 Å². The van der Waals surface area contributed by atoms with Crippen molar-refractivity contribution in [2.24, 2.45) is 0 Å². The van der Waals surface area contributed by atoms with Crippen LogP contribution in [0, 0.1) is 13.8 Å². The number of rotatable bonds is 9. The van der Waals surface area contributed by atoms with E-state index in [4.69, 9.17) is 9.47 Å². The first-order valence-electron chi connectivity index (χ1n) is 17.9. The van der Waals surface area contributed by atoms with Gasteiger partial charge in [-0.1, -0.05) is 24.3 Å². The Hall–Kier alpha value is -4.36. The number of aromatic amines is 2. The predicted molar refractivity (Wildman–Crippen MR) is 193 cm³/mol. The first-order chi connectivity index (χ1) is 24.2. The van der Waals surface area contributed by atoms with Gasteiger partial charge in [-0.15, -0.1) is 0 Å². The molecule has 50 heavy (non-hydrogen) atoms. The van der Waals surface area contributed by atoms with Crippen molar-refractivity contribution in [3.8, 4) is 0 Å². The zero-order valence-corrected chi connectivity index (χ0v) is 29.9. The number of ether oxygens (including phenoxy) is 2. The average Bonchev–Trinajstić information content (AvgIpc) is 3.53. The van der Waals surface area contributed by atoms with Gasteiger partial charge in [0.1, 0.15) is 0 Å². The maximum atomic E-state index is 13.9. The fourth-order valence-electron chi connectivity index (χ4n) is 7.31. The highest BCUT2D eigenvalue weighted by atomic mass is 16.6. The summed E-state index contributed by atoms with van der Waals surface area (Å²) in [6, 6.07) is 12.6. The van der Waals surface area contributed by atoms with Crippen LogP contribution in [0.3, 0.4) is 0 Å². The summed E-state index contributed by atoms with van der Waals surface area (Å²) in [6.07, 6.45) is 2.94. The molecule has 3 aromatic rings. The highest BCUT2D eigenvalue weighted by molar-refractivity contribution is 5.85. The number of likely N-dealkylation sites (tertiary alicyclic amines) is 1. The number of H-pyrrole nitrogens is 2. The Kier molecular flexibility index (Phi) is 12.9. The van der Waals surface area contributed by atoms with Gasteiger partial charge in [-0.2, -0.15) is 0 Å². The Morgan fingerprint density at radius 2 is 1.68 bits per heavy atom. The zero-order chi connectivity index (χ0) is 35.6. The van der Waals surface area contributed by atoms with Gasteiger partial charge < -0.3 is 39.5 Å². The van der Waals surface area contributed by atoms with Crippen LogP contribution in [0.5, 0.6) is 0 Å². The number of hydrogen-bond donors (Lipinski definition) is 3. The van der Waals surface area contributed by atoms with Crippen LogP contribution in [0.15, 0.2) is 41.2 Å². The molecular weight excluding hydrogens is 638 g/mol. The Morgan fingerprint density at radius 3 is 2.30 bits per heavy atom. The number of anilines is 1. The molecule has 0 unspecified atom stereocenters. The van der Waals surface area contributed by atoms with Gasteiger partial charge in [0.25, 0.3) is 5.91 Å². The Bertz CT molecular complexity index is 1630. The number of carbonyl (C=O) groups excluding carboxylic acids is 3. The molecule has 4 heterocycles. The van der Waals surface area contributed by atoms with E-state index < -0.39 is 12.2 Å². The van der Waals surface area contributed by atoms with E-state index in [1.54, 1.807) is 9.80 Å².